The monoisotopic (exact) mass is 385 g/mol. The zero-order chi connectivity index (χ0) is 17.5. The van der Waals surface area contributed by atoms with Gasteiger partial charge < -0.3 is 10.2 Å². The van der Waals surface area contributed by atoms with Crippen LogP contribution in [0, 0.1) is 0 Å². The molecule has 0 saturated carbocycles. The van der Waals surface area contributed by atoms with Crippen LogP contribution in [0.15, 0.2) is 36.9 Å². The molecule has 1 N–H and O–H groups in total. The molecule has 0 bridgehead atoms. The van der Waals surface area contributed by atoms with Gasteiger partial charge in [0.05, 0.1) is 0 Å². The van der Waals surface area contributed by atoms with Gasteiger partial charge in [0, 0.05) is 56.8 Å². The first-order chi connectivity index (χ1) is 12.8. The van der Waals surface area contributed by atoms with Crippen LogP contribution >= 0.6 is 12.4 Å². The molecule has 0 radical (unpaired) electrons. The van der Waals surface area contributed by atoms with Crippen LogP contribution in [0.4, 0.5) is 11.5 Å². The molecule has 0 amide bonds. The molecule has 0 spiro atoms. The molecule has 2 aliphatic heterocycles. The summed E-state index contributed by atoms with van der Waals surface area (Å²) in [6, 6.07) is 7.07. The summed E-state index contributed by atoms with van der Waals surface area (Å²) in [5.41, 5.74) is 5.06. The Hall–Kier alpha value is -2.38. The molecule has 27 heavy (non-hydrogen) atoms. The van der Waals surface area contributed by atoms with E-state index in [0.29, 0.717) is 6.04 Å². The Kier molecular flexibility index (Phi) is 4.88. The molecule has 1 saturated heterocycles. The second-order valence-corrected chi connectivity index (χ2v) is 7.22. The van der Waals surface area contributed by atoms with Gasteiger partial charge in [-0.2, -0.15) is 0 Å². The minimum Gasteiger partial charge on any atom is -0.384 e. The summed E-state index contributed by atoms with van der Waals surface area (Å²) in [5, 5.41) is 11.8. The van der Waals surface area contributed by atoms with Gasteiger partial charge in [-0.25, -0.2) is 4.98 Å². The van der Waals surface area contributed by atoms with Gasteiger partial charge in [-0.05, 0) is 24.5 Å². The minimum atomic E-state index is 0. The number of nitrogens with one attached hydrogen (secondary N) is 1. The van der Waals surface area contributed by atoms with E-state index in [1.807, 2.05) is 16.8 Å². The van der Waals surface area contributed by atoms with Crippen molar-refractivity contribution in [3.8, 4) is 0 Å². The van der Waals surface area contributed by atoms with E-state index in [1.54, 1.807) is 6.33 Å². The average molecular weight is 386 g/mol. The average Bonchev–Trinajstić information content (AvgIpc) is 3.31. The van der Waals surface area contributed by atoms with Crippen molar-refractivity contribution in [3.63, 3.8) is 0 Å². The third kappa shape index (κ3) is 3.21. The van der Waals surface area contributed by atoms with Crippen LogP contribution in [-0.2, 0) is 13.0 Å². The standard InChI is InChI=1S/C19H23N7.ClH/c1-14-11-24(12-16-4-2-3-15-5-6-20-17(15)16)9-10-26(14)18-19-23-22-13-25(19)8-7-21-18;/h2-4,7-8,13-14,20H,5-6,9-12H2,1H3;1H. The lowest BCUT2D eigenvalue weighted by molar-refractivity contribution is 0.221. The molecule has 1 fully saturated rings. The van der Waals surface area contributed by atoms with Crippen LogP contribution in [0.5, 0.6) is 0 Å². The Labute approximate surface area is 164 Å². The molecule has 2 aliphatic rings. The molecule has 0 aliphatic carbocycles. The first kappa shape index (κ1) is 18.0. The molecule has 1 atom stereocenters. The van der Waals surface area contributed by atoms with Gasteiger partial charge in [-0.1, -0.05) is 18.2 Å². The number of nitrogens with zero attached hydrogens (tertiary/aromatic N) is 6. The van der Waals surface area contributed by atoms with Gasteiger partial charge in [0.25, 0.3) is 0 Å². The van der Waals surface area contributed by atoms with Crippen LogP contribution in [0.25, 0.3) is 5.65 Å². The van der Waals surface area contributed by atoms with Crippen molar-refractivity contribution < 1.29 is 0 Å². The summed E-state index contributed by atoms with van der Waals surface area (Å²) in [6.45, 7) is 7.30. The number of hydrogen-bond donors (Lipinski definition) is 1. The zero-order valence-corrected chi connectivity index (χ0v) is 16.2. The highest BCUT2D eigenvalue weighted by molar-refractivity contribution is 5.85. The number of hydrogen-bond acceptors (Lipinski definition) is 6. The fraction of sp³-hybridized carbons (Fsp3) is 0.421. The van der Waals surface area contributed by atoms with Crippen molar-refractivity contribution in [1.29, 1.82) is 0 Å². The van der Waals surface area contributed by atoms with Crippen molar-refractivity contribution in [2.45, 2.75) is 25.9 Å². The van der Waals surface area contributed by atoms with E-state index in [9.17, 15) is 0 Å². The summed E-state index contributed by atoms with van der Waals surface area (Å²) in [7, 11) is 0. The third-order valence-corrected chi connectivity index (χ3v) is 5.51. The highest BCUT2D eigenvalue weighted by atomic mass is 35.5. The van der Waals surface area contributed by atoms with E-state index < -0.39 is 0 Å². The Morgan fingerprint density at radius 2 is 2.19 bits per heavy atom. The van der Waals surface area contributed by atoms with Gasteiger partial charge in [0.15, 0.2) is 5.82 Å². The lowest BCUT2D eigenvalue weighted by Crippen LogP contribution is -2.52. The van der Waals surface area contributed by atoms with E-state index in [2.05, 4.69) is 55.4 Å². The van der Waals surface area contributed by atoms with Gasteiger partial charge in [0.2, 0.25) is 5.65 Å². The molecule has 1 unspecified atom stereocenters. The fourth-order valence-electron chi connectivity index (χ4n) is 4.22. The normalized spacial score (nSPS) is 19.6. The van der Waals surface area contributed by atoms with Gasteiger partial charge >= 0.3 is 0 Å². The Morgan fingerprint density at radius 1 is 1.26 bits per heavy atom. The molecule has 142 valence electrons. The van der Waals surface area contributed by atoms with Crippen molar-refractivity contribution in [1.82, 2.24) is 24.5 Å². The number of halogens is 1. The lowest BCUT2D eigenvalue weighted by atomic mass is 10.1. The third-order valence-electron chi connectivity index (χ3n) is 5.51. The predicted octanol–water partition coefficient (Wildman–Crippen LogP) is 2.22. The topological polar surface area (TPSA) is 61.6 Å². The van der Waals surface area contributed by atoms with Crippen LogP contribution in [-0.4, -0.2) is 56.7 Å². The molecular formula is C19H24ClN7. The molecule has 3 aromatic rings. The predicted molar refractivity (Wildman–Crippen MR) is 109 cm³/mol. The summed E-state index contributed by atoms with van der Waals surface area (Å²) in [6.07, 6.45) is 6.58. The zero-order valence-electron chi connectivity index (χ0n) is 15.4. The Bertz CT molecular complexity index is 941. The molecule has 4 heterocycles. The molecule has 5 rings (SSSR count). The Balaban J connectivity index is 0.00000180. The SMILES string of the molecule is CC1CN(Cc2cccc3c2NCC3)CCN1c1nccn2cnnc12.Cl. The number of para-hydroxylation sites is 1. The molecular weight excluding hydrogens is 362 g/mol. The Morgan fingerprint density at radius 3 is 3.07 bits per heavy atom. The second kappa shape index (κ2) is 7.32. The first-order valence-electron chi connectivity index (χ1n) is 9.27. The summed E-state index contributed by atoms with van der Waals surface area (Å²) in [5.74, 6) is 0.930. The summed E-state index contributed by atoms with van der Waals surface area (Å²) >= 11 is 0. The van der Waals surface area contributed by atoms with Crippen LogP contribution < -0.4 is 10.2 Å². The van der Waals surface area contributed by atoms with E-state index >= 15 is 0 Å². The van der Waals surface area contributed by atoms with Gasteiger partial charge in [-0.15, -0.1) is 22.6 Å². The summed E-state index contributed by atoms with van der Waals surface area (Å²) in [4.78, 5) is 9.48. The molecule has 8 heteroatoms. The van der Waals surface area contributed by atoms with E-state index in [0.717, 1.165) is 50.6 Å². The number of fused-ring (bicyclic) bond motifs is 2. The summed E-state index contributed by atoms with van der Waals surface area (Å²) < 4.78 is 1.93. The number of aromatic nitrogens is 4. The van der Waals surface area contributed by atoms with Gasteiger partial charge in [-0.3, -0.25) is 9.30 Å². The smallest absolute Gasteiger partial charge is 0.203 e. The van der Waals surface area contributed by atoms with E-state index in [1.165, 1.54) is 16.8 Å². The minimum absolute atomic E-state index is 0. The van der Waals surface area contributed by atoms with Crippen LogP contribution in [0.2, 0.25) is 0 Å². The molecule has 2 aromatic heterocycles. The fourth-order valence-corrected chi connectivity index (χ4v) is 4.22. The number of anilines is 2. The lowest BCUT2D eigenvalue weighted by Gasteiger charge is -2.40. The second-order valence-electron chi connectivity index (χ2n) is 7.22. The maximum atomic E-state index is 4.58. The number of benzene rings is 1. The van der Waals surface area contributed by atoms with Crippen LogP contribution in [0.3, 0.4) is 0 Å². The van der Waals surface area contributed by atoms with Crippen molar-refractivity contribution in [2.75, 3.05) is 36.4 Å². The van der Waals surface area contributed by atoms with Gasteiger partial charge in [0.1, 0.15) is 6.33 Å². The van der Waals surface area contributed by atoms with Crippen LogP contribution in [0.1, 0.15) is 18.1 Å². The first-order valence-corrected chi connectivity index (χ1v) is 9.27. The molecule has 1 aromatic carbocycles. The largest absolute Gasteiger partial charge is 0.384 e. The quantitative estimate of drug-likeness (QED) is 0.746. The highest BCUT2D eigenvalue weighted by Gasteiger charge is 2.27. The highest BCUT2D eigenvalue weighted by Crippen LogP contribution is 2.28. The molecule has 7 nitrogen and oxygen atoms in total. The van der Waals surface area contributed by atoms with Crippen molar-refractivity contribution in [3.05, 3.63) is 48.0 Å². The number of piperazine rings is 1. The van der Waals surface area contributed by atoms with E-state index in [-0.39, 0.29) is 12.4 Å². The number of rotatable bonds is 3. The van der Waals surface area contributed by atoms with Crippen molar-refractivity contribution in [2.24, 2.45) is 0 Å². The maximum Gasteiger partial charge on any atom is 0.203 e. The van der Waals surface area contributed by atoms with Crippen molar-refractivity contribution >= 4 is 29.6 Å². The maximum absolute atomic E-state index is 4.58. The van der Waals surface area contributed by atoms with E-state index in [4.69, 9.17) is 0 Å².